The summed E-state index contributed by atoms with van der Waals surface area (Å²) < 4.78 is 5.93. The van der Waals surface area contributed by atoms with Gasteiger partial charge in [-0.25, -0.2) is 4.98 Å². The maximum absolute atomic E-state index is 11.7. The zero-order valence-corrected chi connectivity index (χ0v) is 12.4. The molecule has 0 unspecified atom stereocenters. The lowest BCUT2D eigenvalue weighted by Gasteiger charge is -2.01. The van der Waals surface area contributed by atoms with Gasteiger partial charge in [0.1, 0.15) is 11.6 Å². The van der Waals surface area contributed by atoms with E-state index in [2.05, 4.69) is 26.2 Å². The summed E-state index contributed by atoms with van der Waals surface area (Å²) in [6, 6.07) is 11.0. The number of aromatic nitrogens is 1. The van der Waals surface area contributed by atoms with Crippen molar-refractivity contribution in [3.63, 3.8) is 0 Å². The van der Waals surface area contributed by atoms with Gasteiger partial charge in [-0.05, 0) is 35.9 Å². The van der Waals surface area contributed by atoms with Crippen LogP contribution in [0.25, 0.3) is 6.08 Å². The Labute approximate surface area is 125 Å². The Morgan fingerprint density at radius 1 is 1.30 bits per heavy atom. The van der Waals surface area contributed by atoms with E-state index in [1.165, 1.54) is 6.08 Å². The Bertz CT molecular complexity index is 624. The van der Waals surface area contributed by atoms with Gasteiger partial charge in [0.2, 0.25) is 5.91 Å². The fourth-order valence-corrected chi connectivity index (χ4v) is 1.86. The molecule has 0 saturated heterocycles. The molecule has 5 heteroatoms. The van der Waals surface area contributed by atoms with Crippen LogP contribution in [0.15, 0.2) is 53.1 Å². The first-order chi connectivity index (χ1) is 9.67. The van der Waals surface area contributed by atoms with E-state index in [4.69, 9.17) is 4.74 Å². The lowest BCUT2D eigenvalue weighted by atomic mass is 10.2. The smallest absolute Gasteiger partial charge is 0.249 e. The molecule has 1 aromatic carbocycles. The molecule has 20 heavy (non-hydrogen) atoms. The van der Waals surface area contributed by atoms with Crippen LogP contribution in [0.5, 0.6) is 5.75 Å². The number of pyridine rings is 1. The SMILES string of the molecule is COc1ccc(/C=C/C(=O)Nc2cc(Br)ccn2)cc1. The molecule has 0 aliphatic heterocycles. The summed E-state index contributed by atoms with van der Waals surface area (Å²) in [5.74, 6) is 1.06. The normalized spacial score (nSPS) is 10.5. The van der Waals surface area contributed by atoms with Gasteiger partial charge in [0, 0.05) is 16.7 Å². The second-order valence-electron chi connectivity index (χ2n) is 3.96. The minimum atomic E-state index is -0.230. The number of hydrogen-bond acceptors (Lipinski definition) is 3. The highest BCUT2D eigenvalue weighted by Crippen LogP contribution is 2.14. The van der Waals surface area contributed by atoms with Gasteiger partial charge in [-0.2, -0.15) is 0 Å². The number of ether oxygens (including phenoxy) is 1. The summed E-state index contributed by atoms with van der Waals surface area (Å²) in [5, 5.41) is 2.68. The number of halogens is 1. The van der Waals surface area contributed by atoms with Gasteiger partial charge in [0.25, 0.3) is 0 Å². The van der Waals surface area contributed by atoms with Crippen LogP contribution in [0.1, 0.15) is 5.56 Å². The molecule has 0 spiro atoms. The van der Waals surface area contributed by atoms with Crippen molar-refractivity contribution >= 4 is 33.7 Å². The van der Waals surface area contributed by atoms with Gasteiger partial charge in [0.05, 0.1) is 7.11 Å². The predicted molar refractivity (Wildman–Crippen MR) is 82.6 cm³/mol. The summed E-state index contributed by atoms with van der Waals surface area (Å²) in [5.41, 5.74) is 0.920. The maximum atomic E-state index is 11.7. The Kier molecular flexibility index (Phi) is 4.90. The number of nitrogens with one attached hydrogen (secondary N) is 1. The number of anilines is 1. The van der Waals surface area contributed by atoms with Crippen LogP contribution in [0.4, 0.5) is 5.82 Å². The van der Waals surface area contributed by atoms with Gasteiger partial charge < -0.3 is 10.1 Å². The average Bonchev–Trinajstić information content (AvgIpc) is 2.46. The van der Waals surface area contributed by atoms with Gasteiger partial charge in [0.15, 0.2) is 0 Å². The molecule has 1 amide bonds. The molecule has 1 aromatic heterocycles. The number of benzene rings is 1. The molecule has 1 N–H and O–H groups in total. The number of nitrogens with zero attached hydrogens (tertiary/aromatic N) is 1. The third-order valence-electron chi connectivity index (χ3n) is 2.52. The van der Waals surface area contributed by atoms with Gasteiger partial charge in [-0.3, -0.25) is 4.79 Å². The van der Waals surface area contributed by atoms with Crippen LogP contribution in [-0.4, -0.2) is 18.0 Å². The first-order valence-electron chi connectivity index (χ1n) is 5.92. The molecule has 4 nitrogen and oxygen atoms in total. The van der Waals surface area contributed by atoms with Crippen molar-refractivity contribution < 1.29 is 9.53 Å². The van der Waals surface area contributed by atoms with E-state index in [0.717, 1.165) is 15.8 Å². The lowest BCUT2D eigenvalue weighted by molar-refractivity contribution is -0.111. The predicted octanol–water partition coefficient (Wildman–Crippen LogP) is 3.50. The first kappa shape index (κ1) is 14.3. The van der Waals surface area contributed by atoms with Crippen LogP contribution in [-0.2, 0) is 4.79 Å². The molecule has 0 aliphatic carbocycles. The number of carbonyl (C=O) groups excluding carboxylic acids is 1. The number of rotatable bonds is 4. The van der Waals surface area contributed by atoms with Crippen molar-refractivity contribution in [1.82, 2.24) is 4.98 Å². The highest BCUT2D eigenvalue weighted by molar-refractivity contribution is 9.10. The van der Waals surface area contributed by atoms with Crippen molar-refractivity contribution in [2.75, 3.05) is 12.4 Å². The molecule has 0 atom stereocenters. The quantitative estimate of drug-likeness (QED) is 0.871. The average molecular weight is 333 g/mol. The second kappa shape index (κ2) is 6.86. The summed E-state index contributed by atoms with van der Waals surface area (Å²) in [6.07, 6.45) is 4.81. The fourth-order valence-electron chi connectivity index (χ4n) is 1.53. The van der Waals surface area contributed by atoms with Crippen molar-refractivity contribution in [2.24, 2.45) is 0 Å². The van der Waals surface area contributed by atoms with Crippen molar-refractivity contribution in [3.05, 3.63) is 58.7 Å². The molecular weight excluding hydrogens is 320 g/mol. The number of methoxy groups -OCH3 is 1. The van der Waals surface area contributed by atoms with Crippen LogP contribution < -0.4 is 10.1 Å². The molecule has 102 valence electrons. The topological polar surface area (TPSA) is 51.2 Å². The molecule has 0 radical (unpaired) electrons. The highest BCUT2D eigenvalue weighted by Gasteiger charge is 1.99. The Morgan fingerprint density at radius 2 is 2.05 bits per heavy atom. The van der Waals surface area contributed by atoms with E-state index in [1.54, 1.807) is 31.5 Å². The minimum Gasteiger partial charge on any atom is -0.497 e. The minimum absolute atomic E-state index is 0.230. The second-order valence-corrected chi connectivity index (χ2v) is 4.87. The van der Waals surface area contributed by atoms with Crippen LogP contribution in [0, 0.1) is 0 Å². The molecular formula is C15H13BrN2O2. The molecule has 1 heterocycles. The Hall–Kier alpha value is -2.14. The zero-order chi connectivity index (χ0) is 14.4. The van der Waals surface area contributed by atoms with Crippen LogP contribution >= 0.6 is 15.9 Å². The van der Waals surface area contributed by atoms with Gasteiger partial charge in [-0.15, -0.1) is 0 Å². The molecule has 0 saturated carbocycles. The molecule has 0 fully saturated rings. The van der Waals surface area contributed by atoms with E-state index < -0.39 is 0 Å². The molecule has 0 bridgehead atoms. The Balaban J connectivity index is 1.98. The van der Waals surface area contributed by atoms with Crippen molar-refractivity contribution in [3.8, 4) is 5.75 Å². The lowest BCUT2D eigenvalue weighted by Crippen LogP contribution is -2.08. The highest BCUT2D eigenvalue weighted by atomic mass is 79.9. The number of hydrogen-bond donors (Lipinski definition) is 1. The third kappa shape index (κ3) is 4.20. The number of carbonyl (C=O) groups is 1. The van der Waals surface area contributed by atoms with E-state index in [-0.39, 0.29) is 5.91 Å². The summed E-state index contributed by atoms with van der Waals surface area (Å²) in [6.45, 7) is 0. The maximum Gasteiger partial charge on any atom is 0.249 e. The van der Waals surface area contributed by atoms with E-state index in [9.17, 15) is 4.79 Å². The van der Waals surface area contributed by atoms with Crippen molar-refractivity contribution in [1.29, 1.82) is 0 Å². The standard InChI is InChI=1S/C15H13BrN2O2/c1-20-13-5-2-11(3-6-13)4-7-15(19)18-14-10-12(16)8-9-17-14/h2-10H,1H3,(H,17,18,19)/b7-4+. The molecule has 2 aromatic rings. The largest absolute Gasteiger partial charge is 0.497 e. The molecule has 0 aliphatic rings. The van der Waals surface area contributed by atoms with Gasteiger partial charge >= 0.3 is 0 Å². The monoisotopic (exact) mass is 332 g/mol. The van der Waals surface area contributed by atoms with Gasteiger partial charge in [-0.1, -0.05) is 28.1 Å². The summed E-state index contributed by atoms with van der Waals surface area (Å²) in [7, 11) is 1.61. The van der Waals surface area contributed by atoms with E-state index in [0.29, 0.717) is 5.82 Å². The Morgan fingerprint density at radius 3 is 2.70 bits per heavy atom. The summed E-state index contributed by atoms with van der Waals surface area (Å²) in [4.78, 5) is 15.8. The zero-order valence-electron chi connectivity index (χ0n) is 10.8. The summed E-state index contributed by atoms with van der Waals surface area (Å²) >= 11 is 3.32. The fraction of sp³-hybridized carbons (Fsp3) is 0.0667. The molecule has 2 rings (SSSR count). The van der Waals surface area contributed by atoms with Crippen LogP contribution in [0.3, 0.4) is 0 Å². The van der Waals surface area contributed by atoms with Crippen molar-refractivity contribution in [2.45, 2.75) is 0 Å². The van der Waals surface area contributed by atoms with Crippen LogP contribution in [0.2, 0.25) is 0 Å². The number of amides is 1. The first-order valence-corrected chi connectivity index (χ1v) is 6.71. The van der Waals surface area contributed by atoms with E-state index >= 15 is 0 Å². The third-order valence-corrected chi connectivity index (χ3v) is 3.01. The van der Waals surface area contributed by atoms with E-state index in [1.807, 2.05) is 24.3 Å².